The third-order valence-electron chi connectivity index (χ3n) is 6.40. The highest BCUT2D eigenvalue weighted by molar-refractivity contribution is 5.91. The number of furan rings is 1. The van der Waals surface area contributed by atoms with Crippen LogP contribution in [-0.2, 0) is 5.54 Å². The van der Waals surface area contributed by atoms with Crippen molar-refractivity contribution in [1.29, 1.82) is 0 Å². The molecular formula is C25H29N7O3. The number of H-pyrrole nitrogens is 1. The van der Waals surface area contributed by atoms with Gasteiger partial charge in [-0.3, -0.25) is 14.5 Å². The van der Waals surface area contributed by atoms with Crippen LogP contribution in [0.3, 0.4) is 0 Å². The van der Waals surface area contributed by atoms with E-state index in [-0.39, 0.29) is 17.0 Å². The Morgan fingerprint density at radius 2 is 1.89 bits per heavy atom. The lowest BCUT2D eigenvalue weighted by atomic mass is 10.0. The van der Waals surface area contributed by atoms with E-state index in [0.717, 1.165) is 16.5 Å². The predicted molar refractivity (Wildman–Crippen MR) is 130 cm³/mol. The summed E-state index contributed by atoms with van der Waals surface area (Å²) in [5.41, 5.74) is 1.91. The fourth-order valence-electron chi connectivity index (χ4n) is 4.63. The van der Waals surface area contributed by atoms with E-state index in [1.54, 1.807) is 21.7 Å². The average molecular weight is 476 g/mol. The van der Waals surface area contributed by atoms with Crippen molar-refractivity contribution in [2.24, 2.45) is 0 Å². The summed E-state index contributed by atoms with van der Waals surface area (Å²) in [7, 11) is 0. The molecule has 10 heteroatoms. The van der Waals surface area contributed by atoms with Crippen molar-refractivity contribution in [3.63, 3.8) is 0 Å². The van der Waals surface area contributed by atoms with Crippen molar-refractivity contribution in [2.75, 3.05) is 26.2 Å². The quantitative estimate of drug-likeness (QED) is 0.483. The molecular weight excluding hydrogens is 446 g/mol. The molecule has 1 amide bonds. The molecule has 4 heterocycles. The molecule has 182 valence electrons. The molecule has 4 aromatic rings. The predicted octanol–water partition coefficient (Wildman–Crippen LogP) is 2.72. The highest BCUT2D eigenvalue weighted by Crippen LogP contribution is 2.30. The minimum Gasteiger partial charge on any atom is -0.459 e. The van der Waals surface area contributed by atoms with E-state index in [4.69, 9.17) is 4.42 Å². The molecule has 0 saturated carbocycles. The molecule has 1 aliphatic rings. The van der Waals surface area contributed by atoms with Crippen LogP contribution in [0.4, 0.5) is 0 Å². The molecule has 1 aliphatic heterocycles. The number of aromatic amines is 1. The van der Waals surface area contributed by atoms with E-state index in [9.17, 15) is 9.59 Å². The summed E-state index contributed by atoms with van der Waals surface area (Å²) in [6.07, 6.45) is 1.50. The average Bonchev–Trinajstić information content (AvgIpc) is 3.52. The molecule has 35 heavy (non-hydrogen) atoms. The Morgan fingerprint density at radius 1 is 1.11 bits per heavy atom. The monoisotopic (exact) mass is 475 g/mol. The number of rotatable bonds is 4. The van der Waals surface area contributed by atoms with Gasteiger partial charge in [0, 0.05) is 37.3 Å². The van der Waals surface area contributed by atoms with Crippen molar-refractivity contribution in [2.45, 2.75) is 39.3 Å². The highest BCUT2D eigenvalue weighted by atomic mass is 16.3. The molecule has 3 aromatic heterocycles. The summed E-state index contributed by atoms with van der Waals surface area (Å²) >= 11 is 0. The second kappa shape index (κ2) is 8.77. The fourth-order valence-corrected chi connectivity index (χ4v) is 4.63. The van der Waals surface area contributed by atoms with E-state index < -0.39 is 6.04 Å². The number of carbonyl (C=O) groups is 1. The van der Waals surface area contributed by atoms with Gasteiger partial charge in [-0.1, -0.05) is 11.6 Å². The van der Waals surface area contributed by atoms with Gasteiger partial charge in [-0.05, 0) is 73.8 Å². The molecule has 0 unspecified atom stereocenters. The van der Waals surface area contributed by atoms with E-state index >= 15 is 0 Å². The SMILES string of the molecule is Cc1ccc2[nH]c(=O)c([C@@H](c3nnnn3C(C)(C)C)N3CCN(C(=O)c4ccco4)CC3)cc2c1. The number of nitrogens with one attached hydrogen (secondary N) is 1. The lowest BCUT2D eigenvalue weighted by Crippen LogP contribution is -2.51. The zero-order valence-electron chi connectivity index (χ0n) is 20.4. The molecule has 0 bridgehead atoms. The summed E-state index contributed by atoms with van der Waals surface area (Å²) < 4.78 is 7.07. The van der Waals surface area contributed by atoms with E-state index in [1.807, 2.05) is 45.9 Å². The highest BCUT2D eigenvalue weighted by Gasteiger charge is 2.36. The largest absolute Gasteiger partial charge is 0.459 e. The molecule has 1 aromatic carbocycles. The number of pyridine rings is 1. The first kappa shape index (κ1) is 23.0. The van der Waals surface area contributed by atoms with Crippen molar-refractivity contribution in [1.82, 2.24) is 35.0 Å². The standard InChI is InChI=1S/C25H29N7O3/c1-16-7-8-19-17(14-16)15-18(23(33)26-19)21(22-27-28-29-32(22)25(2,3)4)30-9-11-31(12-10-30)24(34)20-6-5-13-35-20/h5-8,13-15,21H,9-12H2,1-4H3,(H,26,33)/t21-/m0/s1. The Balaban J connectivity index is 1.54. The number of hydrogen-bond acceptors (Lipinski definition) is 7. The maximum Gasteiger partial charge on any atom is 0.289 e. The molecule has 0 aliphatic carbocycles. The third-order valence-corrected chi connectivity index (χ3v) is 6.40. The number of hydrogen-bond donors (Lipinski definition) is 1. The van der Waals surface area contributed by atoms with Crippen LogP contribution in [0.2, 0.25) is 0 Å². The van der Waals surface area contributed by atoms with Gasteiger partial charge in [0.15, 0.2) is 11.6 Å². The van der Waals surface area contributed by atoms with Gasteiger partial charge in [0.05, 0.1) is 11.8 Å². The Kier molecular flexibility index (Phi) is 5.76. The van der Waals surface area contributed by atoms with Gasteiger partial charge in [0.2, 0.25) is 0 Å². The number of tetrazole rings is 1. The lowest BCUT2D eigenvalue weighted by Gasteiger charge is -2.39. The Hall–Kier alpha value is -3.79. The summed E-state index contributed by atoms with van der Waals surface area (Å²) in [6, 6.07) is 10.8. The van der Waals surface area contributed by atoms with Gasteiger partial charge in [-0.2, -0.15) is 0 Å². The summed E-state index contributed by atoms with van der Waals surface area (Å²) in [6.45, 7) is 10.2. The van der Waals surface area contributed by atoms with Gasteiger partial charge in [0.25, 0.3) is 11.5 Å². The van der Waals surface area contributed by atoms with Crippen LogP contribution in [0, 0.1) is 6.92 Å². The first-order chi connectivity index (χ1) is 16.7. The molecule has 5 rings (SSSR count). The van der Waals surface area contributed by atoms with Crippen molar-refractivity contribution >= 4 is 16.8 Å². The van der Waals surface area contributed by atoms with Crippen LogP contribution in [0.15, 0.2) is 51.9 Å². The zero-order valence-corrected chi connectivity index (χ0v) is 20.4. The number of aromatic nitrogens is 5. The number of piperazine rings is 1. The van der Waals surface area contributed by atoms with Crippen LogP contribution < -0.4 is 5.56 Å². The second-order valence-corrected chi connectivity index (χ2v) is 9.97. The van der Waals surface area contributed by atoms with Gasteiger partial charge in [-0.25, -0.2) is 4.68 Å². The Bertz CT molecular complexity index is 1410. The van der Waals surface area contributed by atoms with Crippen molar-refractivity contribution in [3.05, 3.63) is 75.7 Å². The number of amides is 1. The topological polar surface area (TPSA) is 113 Å². The molecule has 1 atom stereocenters. The first-order valence-electron chi connectivity index (χ1n) is 11.7. The summed E-state index contributed by atoms with van der Waals surface area (Å²) in [4.78, 5) is 33.1. The molecule has 10 nitrogen and oxygen atoms in total. The normalized spacial score (nSPS) is 16.1. The lowest BCUT2D eigenvalue weighted by molar-refractivity contribution is 0.0555. The second-order valence-electron chi connectivity index (χ2n) is 9.97. The maximum atomic E-state index is 13.3. The van der Waals surface area contributed by atoms with Crippen LogP contribution in [-0.4, -0.2) is 67.1 Å². The maximum absolute atomic E-state index is 13.3. The van der Waals surface area contributed by atoms with E-state index in [1.165, 1.54) is 6.26 Å². The Labute approximate surface area is 202 Å². The van der Waals surface area contributed by atoms with Gasteiger partial charge < -0.3 is 14.3 Å². The number of fused-ring (bicyclic) bond motifs is 1. The number of carbonyl (C=O) groups excluding carboxylic acids is 1. The number of aryl methyl sites for hydroxylation is 1. The molecule has 1 saturated heterocycles. The Morgan fingerprint density at radius 3 is 2.57 bits per heavy atom. The van der Waals surface area contributed by atoms with Gasteiger partial charge in [0.1, 0.15) is 6.04 Å². The van der Waals surface area contributed by atoms with E-state index in [2.05, 4.69) is 31.5 Å². The van der Waals surface area contributed by atoms with Gasteiger partial charge >= 0.3 is 0 Å². The third kappa shape index (κ3) is 4.37. The molecule has 0 spiro atoms. The van der Waals surface area contributed by atoms with Gasteiger partial charge in [-0.15, -0.1) is 5.10 Å². The van der Waals surface area contributed by atoms with Crippen molar-refractivity contribution in [3.8, 4) is 0 Å². The minimum absolute atomic E-state index is 0.134. The molecule has 1 N–H and O–H groups in total. The minimum atomic E-state index is -0.473. The fraction of sp³-hybridized carbons (Fsp3) is 0.400. The van der Waals surface area contributed by atoms with E-state index in [0.29, 0.717) is 43.3 Å². The van der Waals surface area contributed by atoms with Crippen LogP contribution >= 0.6 is 0 Å². The van der Waals surface area contributed by atoms with Crippen LogP contribution in [0.5, 0.6) is 0 Å². The van der Waals surface area contributed by atoms with Crippen LogP contribution in [0.1, 0.15) is 54.3 Å². The zero-order chi connectivity index (χ0) is 24.7. The van der Waals surface area contributed by atoms with Crippen molar-refractivity contribution < 1.29 is 9.21 Å². The van der Waals surface area contributed by atoms with Crippen LogP contribution in [0.25, 0.3) is 10.9 Å². The number of benzene rings is 1. The molecule has 0 radical (unpaired) electrons. The summed E-state index contributed by atoms with van der Waals surface area (Å²) in [5, 5.41) is 13.5. The summed E-state index contributed by atoms with van der Waals surface area (Å²) in [5.74, 6) is 0.790. The molecule has 1 fully saturated rings. The first-order valence-corrected chi connectivity index (χ1v) is 11.7. The smallest absolute Gasteiger partial charge is 0.289 e. The number of nitrogens with zero attached hydrogens (tertiary/aromatic N) is 6.